The molecule has 0 spiro atoms. The summed E-state index contributed by atoms with van der Waals surface area (Å²) in [7, 11) is 0. The van der Waals surface area contributed by atoms with Crippen LogP contribution in [0.1, 0.15) is 87.4 Å². The van der Waals surface area contributed by atoms with Gasteiger partial charge in [-0.2, -0.15) is 0 Å². The molecule has 11 nitrogen and oxygen atoms in total. The number of allylic oxidation sites excluding steroid dienone is 1. The summed E-state index contributed by atoms with van der Waals surface area (Å²) in [6.45, 7) is -10.9. The van der Waals surface area contributed by atoms with Crippen LogP contribution in [-0.4, -0.2) is 95.3 Å². The number of phenolic OH excluding ortho intramolecular Hbond substituents is 2. The van der Waals surface area contributed by atoms with Crippen LogP contribution in [0.3, 0.4) is 0 Å². The molecule has 4 aliphatic rings. The third-order valence-corrected chi connectivity index (χ3v) is 10.9. The molecule has 0 aromatic heterocycles. The molecular formula is C45H46FN5O6. The number of carbonyl (C=O) groups excluding carboxylic acids is 4. The number of halogens is 1. The van der Waals surface area contributed by atoms with Gasteiger partial charge in [0.2, 0.25) is 11.8 Å². The lowest BCUT2D eigenvalue weighted by molar-refractivity contribution is -0.136. The second kappa shape index (κ2) is 15.9. The van der Waals surface area contributed by atoms with Gasteiger partial charge in [0.05, 0.1) is 22.3 Å². The van der Waals surface area contributed by atoms with Gasteiger partial charge in [-0.1, -0.05) is 43.3 Å². The van der Waals surface area contributed by atoms with Crippen molar-refractivity contribution in [2.24, 2.45) is 5.92 Å². The van der Waals surface area contributed by atoms with E-state index in [1.54, 1.807) is 24.3 Å². The summed E-state index contributed by atoms with van der Waals surface area (Å²) in [6, 6.07) is 21.7. The lowest BCUT2D eigenvalue weighted by Crippen LogP contribution is -2.54. The van der Waals surface area contributed by atoms with E-state index in [1.807, 2.05) is 60.8 Å². The second-order valence-electron chi connectivity index (χ2n) is 14.5. The van der Waals surface area contributed by atoms with Crippen molar-refractivity contribution in [2.45, 2.75) is 45.1 Å². The molecule has 1 unspecified atom stereocenters. The van der Waals surface area contributed by atoms with Gasteiger partial charge in [-0.25, -0.2) is 4.39 Å². The van der Waals surface area contributed by atoms with Crippen molar-refractivity contribution >= 4 is 46.1 Å². The maximum Gasteiger partial charge on any atom is 0.262 e. The number of carbonyl (C=O) groups is 4. The molecule has 0 radical (unpaired) electrons. The fraction of sp³-hybridized carbons (Fsp3) is 0.333. The lowest BCUT2D eigenvalue weighted by atomic mass is 9.88. The minimum absolute atomic E-state index is 0.0151. The van der Waals surface area contributed by atoms with E-state index >= 15 is 4.39 Å². The molecule has 1 atom stereocenters. The van der Waals surface area contributed by atoms with Gasteiger partial charge in [0.15, 0.2) is 0 Å². The Morgan fingerprint density at radius 2 is 1.32 bits per heavy atom. The van der Waals surface area contributed by atoms with Gasteiger partial charge in [-0.3, -0.25) is 34.3 Å². The van der Waals surface area contributed by atoms with Gasteiger partial charge in [0, 0.05) is 63.2 Å². The Labute approximate surface area is 342 Å². The van der Waals surface area contributed by atoms with E-state index in [1.165, 1.54) is 0 Å². The van der Waals surface area contributed by atoms with Crippen LogP contribution in [0.4, 0.5) is 15.8 Å². The molecule has 294 valence electrons. The zero-order valence-corrected chi connectivity index (χ0v) is 31.1. The third-order valence-electron chi connectivity index (χ3n) is 10.9. The molecule has 0 aliphatic carbocycles. The molecule has 4 aromatic rings. The Kier molecular flexibility index (Phi) is 8.14. The zero-order chi connectivity index (χ0) is 47.0. The largest absolute Gasteiger partial charge is 0.508 e. The maximum atomic E-state index is 16.1. The summed E-state index contributed by atoms with van der Waals surface area (Å²) >= 11 is 0. The van der Waals surface area contributed by atoms with Crippen molar-refractivity contribution in [3.63, 3.8) is 0 Å². The van der Waals surface area contributed by atoms with Crippen LogP contribution in [0.5, 0.6) is 11.5 Å². The van der Waals surface area contributed by atoms with Crippen LogP contribution in [0.2, 0.25) is 0 Å². The fourth-order valence-electron chi connectivity index (χ4n) is 7.94. The number of nitrogens with zero attached hydrogens (tertiary/aromatic N) is 4. The van der Waals surface area contributed by atoms with E-state index in [9.17, 15) is 29.4 Å². The highest BCUT2D eigenvalue weighted by atomic mass is 19.1. The second-order valence-corrected chi connectivity index (χ2v) is 14.5. The molecule has 3 fully saturated rings. The van der Waals surface area contributed by atoms with Crippen molar-refractivity contribution in [1.29, 1.82) is 0 Å². The smallest absolute Gasteiger partial charge is 0.262 e. The number of piperazine rings is 1. The number of aromatic hydroxyl groups is 2. The molecule has 12 heteroatoms. The number of hydrogen-bond acceptors (Lipinski definition) is 9. The number of amides is 4. The van der Waals surface area contributed by atoms with Crippen LogP contribution in [0, 0.1) is 11.7 Å². The molecule has 57 heavy (non-hydrogen) atoms. The number of fused-ring (bicyclic) bond motifs is 1. The topological polar surface area (TPSA) is 134 Å². The van der Waals surface area contributed by atoms with Crippen molar-refractivity contribution < 1.29 is 44.7 Å². The van der Waals surface area contributed by atoms with Gasteiger partial charge >= 0.3 is 0 Å². The first kappa shape index (κ1) is 29.3. The third kappa shape index (κ3) is 7.61. The van der Waals surface area contributed by atoms with Crippen LogP contribution >= 0.6 is 0 Å². The Balaban J connectivity index is 1.01. The average Bonchev–Trinajstić information content (AvgIpc) is 3.49. The summed E-state index contributed by atoms with van der Waals surface area (Å²) in [5.74, 6) is -5.26. The molecule has 4 aliphatic heterocycles. The van der Waals surface area contributed by atoms with Gasteiger partial charge < -0.3 is 20.0 Å². The summed E-state index contributed by atoms with van der Waals surface area (Å²) in [4.78, 5) is 54.4. The molecule has 0 bridgehead atoms. The van der Waals surface area contributed by atoms with Crippen molar-refractivity contribution in [2.75, 3.05) is 55.4 Å². The van der Waals surface area contributed by atoms with E-state index in [-0.39, 0.29) is 29.2 Å². The number of anilines is 2. The summed E-state index contributed by atoms with van der Waals surface area (Å²) in [6.07, 6.45) is 1.12. The number of piperidine rings is 2. The molecule has 8 rings (SSSR count). The van der Waals surface area contributed by atoms with Gasteiger partial charge in [-0.05, 0) is 108 Å². The first-order chi connectivity index (χ1) is 30.6. The SMILES string of the molecule is [2H]C1([2H])N(CC2CCN(c3ccc(C(=C(CC)c4ccc(O)cc4)c4ccc(O)cc4)cc3)CC2)C([2H])([2H])C([2H])([2H])N(c2cc3c(cc2F)C(=O)N(C2CCC(=O)NC2=O)C3=O)C1([2H])[2H]. The summed E-state index contributed by atoms with van der Waals surface area (Å²) < 4.78 is 88.3. The minimum atomic E-state index is -3.47. The highest BCUT2D eigenvalue weighted by molar-refractivity contribution is 6.23. The molecule has 3 saturated heterocycles. The van der Waals surface area contributed by atoms with E-state index < -0.39 is 90.8 Å². The molecule has 4 aromatic carbocycles. The summed E-state index contributed by atoms with van der Waals surface area (Å²) in [5.41, 5.74) is 3.56. The highest BCUT2D eigenvalue weighted by Gasteiger charge is 2.45. The molecular weight excluding hydrogens is 726 g/mol. The predicted molar refractivity (Wildman–Crippen MR) is 216 cm³/mol. The Bertz CT molecular complexity index is 2580. The quantitative estimate of drug-likeness (QED) is 0.137. The lowest BCUT2D eigenvalue weighted by Gasteiger charge is -2.40. The zero-order valence-electron chi connectivity index (χ0n) is 39.1. The molecule has 0 saturated carbocycles. The van der Waals surface area contributed by atoms with E-state index in [4.69, 9.17) is 11.0 Å². The number of benzene rings is 4. The first-order valence-corrected chi connectivity index (χ1v) is 18.9. The minimum Gasteiger partial charge on any atom is -0.508 e. The van der Waals surface area contributed by atoms with E-state index in [0.29, 0.717) is 54.3 Å². The number of phenols is 2. The Morgan fingerprint density at radius 3 is 1.89 bits per heavy atom. The van der Waals surface area contributed by atoms with Crippen molar-refractivity contribution in [3.05, 3.63) is 119 Å². The number of hydrogen-bond donors (Lipinski definition) is 3. The maximum absolute atomic E-state index is 16.1. The standard InChI is InChI=1S/C45H46FN5O6/c1-2-35(29-5-11-33(52)12-6-29)42(31-7-13-34(53)14-8-31)30-3-9-32(10-4-30)49-19-17-28(18-20-49)27-48-21-23-50(24-22-48)40-26-37-36(25-38(40)46)44(56)51(45(37)57)39-15-16-41(54)47-43(39)55/h3-14,25-26,28,39,52-53H,2,15-24,27H2,1H3,(H,47,54,55)/i21D2,22D2,23D2,24D2. The van der Waals surface area contributed by atoms with Crippen LogP contribution in [-0.2, 0) is 9.59 Å². The first-order valence-electron chi connectivity index (χ1n) is 22.9. The number of rotatable bonds is 9. The Hall–Kier alpha value is -6.01. The molecule has 4 heterocycles. The molecule has 4 amide bonds. The van der Waals surface area contributed by atoms with Crippen LogP contribution in [0.25, 0.3) is 11.1 Å². The summed E-state index contributed by atoms with van der Waals surface area (Å²) in [5, 5.41) is 22.0. The average molecular weight is 780 g/mol. The molecule has 3 N–H and O–H groups in total. The van der Waals surface area contributed by atoms with E-state index in [0.717, 1.165) is 33.5 Å². The highest BCUT2D eigenvalue weighted by Crippen LogP contribution is 2.37. The monoisotopic (exact) mass is 779 g/mol. The number of nitrogens with one attached hydrogen (secondary N) is 1. The van der Waals surface area contributed by atoms with Gasteiger partial charge in [-0.15, -0.1) is 0 Å². The fourth-order valence-corrected chi connectivity index (χ4v) is 7.94. The van der Waals surface area contributed by atoms with Crippen molar-refractivity contribution in [1.82, 2.24) is 15.1 Å². The Morgan fingerprint density at radius 1 is 0.754 bits per heavy atom. The van der Waals surface area contributed by atoms with Gasteiger partial charge in [0.1, 0.15) is 23.4 Å². The van der Waals surface area contributed by atoms with Crippen LogP contribution < -0.4 is 15.1 Å². The normalized spacial score (nSPS) is 25.4. The van der Waals surface area contributed by atoms with E-state index in [2.05, 4.69) is 4.90 Å². The van der Waals surface area contributed by atoms with Gasteiger partial charge in [0.25, 0.3) is 11.8 Å². The van der Waals surface area contributed by atoms with Crippen LogP contribution in [0.15, 0.2) is 84.9 Å². The van der Waals surface area contributed by atoms with Crippen molar-refractivity contribution in [3.8, 4) is 11.5 Å². The predicted octanol–water partition coefficient (Wildman–Crippen LogP) is 6.05. The number of imide groups is 2.